The van der Waals surface area contributed by atoms with Crippen LogP contribution in [0.1, 0.15) is 68.2 Å². The van der Waals surface area contributed by atoms with Crippen LogP contribution in [0.15, 0.2) is 42.5 Å². The highest BCUT2D eigenvalue weighted by Crippen LogP contribution is 2.38. The van der Waals surface area contributed by atoms with Crippen molar-refractivity contribution in [3.8, 4) is 0 Å². The molecule has 2 fully saturated rings. The largest absolute Gasteiger partial charge is 0.367 e. The number of amides is 5. The summed E-state index contributed by atoms with van der Waals surface area (Å²) in [6, 6.07) is 11.1. The second-order valence-corrected chi connectivity index (χ2v) is 11.8. The first-order valence-electron chi connectivity index (χ1n) is 15.1. The zero-order chi connectivity index (χ0) is 32.1. The minimum atomic E-state index is -1.16. The van der Waals surface area contributed by atoms with Crippen molar-refractivity contribution in [2.75, 3.05) is 33.3 Å². The van der Waals surface area contributed by atoms with Gasteiger partial charge in [0.25, 0.3) is 17.7 Å². The molecule has 2 N–H and O–H groups in total. The fourth-order valence-electron chi connectivity index (χ4n) is 6.86. The minimum absolute atomic E-state index is 0.00460. The number of ether oxygens (including phenoxy) is 1. The number of H-pyrrole nitrogens is 1. The molecule has 1 aromatic heterocycles. The maximum Gasteiger partial charge on any atom is 0.265 e. The van der Waals surface area contributed by atoms with E-state index in [1.807, 2.05) is 35.2 Å². The first-order chi connectivity index (χ1) is 22.3. The maximum atomic E-state index is 15.8. The van der Waals surface area contributed by atoms with E-state index in [0.717, 1.165) is 21.7 Å². The number of piperazine rings is 1. The summed E-state index contributed by atoms with van der Waals surface area (Å²) >= 11 is 0. The molecule has 4 aliphatic rings. The van der Waals surface area contributed by atoms with Gasteiger partial charge in [0.1, 0.15) is 24.2 Å². The van der Waals surface area contributed by atoms with Gasteiger partial charge in [-0.1, -0.05) is 36.4 Å². The number of nitrogens with one attached hydrogen (secondary N) is 2. The predicted octanol–water partition coefficient (Wildman–Crippen LogP) is 1.30. The van der Waals surface area contributed by atoms with Gasteiger partial charge in [-0.3, -0.25) is 49.1 Å². The van der Waals surface area contributed by atoms with Crippen LogP contribution in [0.2, 0.25) is 0 Å². The van der Waals surface area contributed by atoms with E-state index in [4.69, 9.17) is 4.74 Å². The second-order valence-electron chi connectivity index (χ2n) is 11.8. The van der Waals surface area contributed by atoms with Gasteiger partial charge in [-0.05, 0) is 18.1 Å². The van der Waals surface area contributed by atoms with Crippen LogP contribution in [-0.2, 0) is 32.2 Å². The molecular formula is C32H31FN7O6. The van der Waals surface area contributed by atoms with Gasteiger partial charge in [0.05, 0.1) is 23.4 Å². The van der Waals surface area contributed by atoms with Crippen molar-refractivity contribution in [1.82, 2.24) is 35.1 Å². The molecule has 0 saturated carbocycles. The Labute approximate surface area is 263 Å². The molecule has 3 aromatic rings. The highest BCUT2D eigenvalue weighted by molar-refractivity contribution is 6.23. The Morgan fingerprint density at radius 1 is 1.07 bits per heavy atom. The number of nitrogens with zero attached hydrogens (tertiary/aromatic N) is 5. The van der Waals surface area contributed by atoms with Crippen molar-refractivity contribution in [3.05, 3.63) is 88.0 Å². The smallest absolute Gasteiger partial charge is 0.265 e. The molecule has 0 aliphatic carbocycles. The van der Waals surface area contributed by atoms with Crippen molar-refractivity contribution in [1.29, 1.82) is 0 Å². The van der Waals surface area contributed by atoms with Gasteiger partial charge in [-0.25, -0.2) is 4.39 Å². The summed E-state index contributed by atoms with van der Waals surface area (Å²) in [6.45, 7) is 2.74. The Balaban J connectivity index is 1.05. The lowest BCUT2D eigenvalue weighted by Gasteiger charge is -2.41. The van der Waals surface area contributed by atoms with Crippen LogP contribution in [-0.4, -0.2) is 98.7 Å². The number of rotatable bonds is 7. The van der Waals surface area contributed by atoms with Gasteiger partial charge in [-0.15, -0.1) is 0 Å². The van der Waals surface area contributed by atoms with E-state index in [1.165, 1.54) is 19.2 Å². The summed E-state index contributed by atoms with van der Waals surface area (Å²) in [5, 5.41) is 9.18. The number of aromatic nitrogens is 2. The third-order valence-corrected chi connectivity index (χ3v) is 9.19. The summed E-state index contributed by atoms with van der Waals surface area (Å²) in [7, 11) is 1.51. The zero-order valence-corrected chi connectivity index (χ0v) is 25.0. The van der Waals surface area contributed by atoms with Crippen molar-refractivity contribution in [2.45, 2.75) is 44.2 Å². The molecule has 2 aromatic carbocycles. The molecule has 5 amide bonds. The van der Waals surface area contributed by atoms with E-state index < -0.39 is 47.8 Å². The summed E-state index contributed by atoms with van der Waals surface area (Å²) in [5.41, 5.74) is 2.19. The molecule has 3 atom stereocenters. The number of piperidine rings is 1. The van der Waals surface area contributed by atoms with E-state index in [-0.39, 0.29) is 42.0 Å². The number of fused-ring (bicyclic) bond motifs is 2. The van der Waals surface area contributed by atoms with Crippen LogP contribution in [0.5, 0.6) is 0 Å². The molecule has 46 heavy (non-hydrogen) atoms. The first-order valence-corrected chi connectivity index (χ1v) is 15.1. The van der Waals surface area contributed by atoms with Gasteiger partial charge < -0.3 is 9.64 Å². The number of aromatic amines is 1. The van der Waals surface area contributed by atoms with E-state index in [0.29, 0.717) is 32.7 Å². The molecule has 13 nitrogen and oxygen atoms in total. The molecule has 2 unspecified atom stereocenters. The van der Waals surface area contributed by atoms with Gasteiger partial charge >= 0.3 is 0 Å². The van der Waals surface area contributed by atoms with Crippen molar-refractivity contribution in [3.63, 3.8) is 0 Å². The highest BCUT2D eigenvalue weighted by Gasteiger charge is 2.47. The molecular weight excluding hydrogens is 597 g/mol. The maximum absolute atomic E-state index is 15.8. The average molecular weight is 629 g/mol. The molecule has 5 heterocycles. The summed E-state index contributed by atoms with van der Waals surface area (Å²) in [5.74, 6) is -3.81. The molecule has 0 bridgehead atoms. The van der Waals surface area contributed by atoms with Crippen molar-refractivity contribution < 1.29 is 33.1 Å². The molecule has 2 saturated heterocycles. The standard InChI is InChI=1S/C32H31FN7O6/c1-46-27(18-5-3-2-4-6-18)32(45)39-17-22-21(15-34-36-22)29(39)38-13-11-37(12-14-38)16-19-7-8-20-25(26(19)33)31(44)40(30(20)43)23-9-10-24(41)35-28(23)42/h2-8,23,27,29H,9-14,16-17H2,1H3,(H,34,36)(H,35,41,42)/t23?,27-,29?/m1/s1. The Morgan fingerprint density at radius 3 is 2.54 bits per heavy atom. The third-order valence-electron chi connectivity index (χ3n) is 9.19. The van der Waals surface area contributed by atoms with Crippen LogP contribution in [0, 0.1) is 12.0 Å². The van der Waals surface area contributed by atoms with Gasteiger partial charge in [0.15, 0.2) is 6.10 Å². The quantitative estimate of drug-likeness (QED) is 0.370. The minimum Gasteiger partial charge on any atom is -0.367 e. The molecule has 4 aliphatic heterocycles. The average Bonchev–Trinajstić information content (AvgIpc) is 3.72. The highest BCUT2D eigenvalue weighted by atomic mass is 19.1. The summed E-state index contributed by atoms with van der Waals surface area (Å²) in [6.07, 6.45) is 1.82. The monoisotopic (exact) mass is 628 g/mol. The van der Waals surface area contributed by atoms with Gasteiger partial charge in [-0.2, -0.15) is 5.10 Å². The molecule has 1 radical (unpaired) electrons. The summed E-state index contributed by atoms with van der Waals surface area (Å²) in [4.78, 5) is 70.8. The van der Waals surface area contributed by atoms with E-state index in [9.17, 15) is 24.0 Å². The topological polar surface area (TPSA) is 148 Å². The molecule has 7 rings (SSSR count). The number of imide groups is 2. The molecule has 14 heteroatoms. The first kappa shape index (κ1) is 29.9. The van der Waals surface area contributed by atoms with E-state index in [2.05, 4.69) is 26.6 Å². The van der Waals surface area contributed by atoms with Crippen LogP contribution in [0.3, 0.4) is 0 Å². The van der Waals surface area contributed by atoms with Crippen molar-refractivity contribution >= 4 is 29.5 Å². The number of carbonyl (C=O) groups excluding carboxylic acids is 5. The Hall–Kier alpha value is -4.79. The SMILES string of the molecule is CO[C@@H](C(=O)N1Cc2[nH]n[c]c2C1N1CCN(Cc2ccc3c(c2F)C(=O)N(C2CCC(=O)NC2=O)C3=O)CC1)c1ccccc1. The van der Waals surface area contributed by atoms with Crippen LogP contribution < -0.4 is 5.32 Å². The zero-order valence-electron chi connectivity index (χ0n) is 25.0. The number of halogens is 1. The number of carbonyl (C=O) groups is 5. The van der Waals surface area contributed by atoms with Crippen molar-refractivity contribution in [2.24, 2.45) is 0 Å². The van der Waals surface area contributed by atoms with E-state index >= 15 is 4.39 Å². The number of hydrogen-bond acceptors (Lipinski definition) is 9. The van der Waals surface area contributed by atoms with Crippen LogP contribution in [0.4, 0.5) is 4.39 Å². The van der Waals surface area contributed by atoms with Gasteiger partial charge in [0, 0.05) is 57.4 Å². The second kappa shape index (κ2) is 11.9. The molecule has 0 spiro atoms. The number of benzene rings is 2. The lowest BCUT2D eigenvalue weighted by molar-refractivity contribution is -0.150. The van der Waals surface area contributed by atoms with E-state index in [1.54, 1.807) is 4.90 Å². The lowest BCUT2D eigenvalue weighted by Crippen LogP contribution is -2.54. The number of hydrogen-bond donors (Lipinski definition) is 2. The fraction of sp³-hybridized carbons (Fsp3) is 0.375. The Kier molecular flexibility index (Phi) is 7.71. The van der Waals surface area contributed by atoms with Crippen LogP contribution >= 0.6 is 0 Å². The Bertz CT molecular complexity index is 1740. The summed E-state index contributed by atoms with van der Waals surface area (Å²) < 4.78 is 21.5. The van der Waals surface area contributed by atoms with Crippen LogP contribution in [0.25, 0.3) is 0 Å². The molecule has 237 valence electrons. The Morgan fingerprint density at radius 2 is 1.83 bits per heavy atom. The normalized spacial score (nSPS) is 22.7. The number of methoxy groups -OCH3 is 1. The predicted molar refractivity (Wildman–Crippen MR) is 157 cm³/mol. The lowest BCUT2D eigenvalue weighted by atomic mass is 10.0. The van der Waals surface area contributed by atoms with Gasteiger partial charge in [0.2, 0.25) is 11.8 Å². The fourth-order valence-corrected chi connectivity index (χ4v) is 6.86. The third kappa shape index (κ3) is 4.98.